The van der Waals surface area contributed by atoms with Gasteiger partial charge in [0.25, 0.3) is 0 Å². The van der Waals surface area contributed by atoms with Crippen LogP contribution >= 0.6 is 0 Å². The second-order valence-corrected chi connectivity index (χ2v) is 22.8. The molecule has 0 saturated heterocycles. The van der Waals surface area contributed by atoms with Crippen molar-refractivity contribution < 1.29 is 17.7 Å². The van der Waals surface area contributed by atoms with Gasteiger partial charge in [-0.3, -0.25) is 0 Å². The van der Waals surface area contributed by atoms with Gasteiger partial charge in [-0.25, -0.2) is 4.85 Å². The molecule has 0 bridgehead atoms. The molecule has 7 heteroatoms. The first-order valence-electron chi connectivity index (χ1n) is 26.6. The van der Waals surface area contributed by atoms with Crippen LogP contribution in [0.25, 0.3) is 114 Å². The molecule has 0 N–H and O–H groups in total. The third kappa shape index (κ3) is 6.89. The van der Waals surface area contributed by atoms with E-state index in [0.717, 1.165) is 127 Å². The largest absolute Gasteiger partial charge is 0.467 e. The number of furan rings is 4. The zero-order chi connectivity index (χ0) is 52.8. The summed E-state index contributed by atoms with van der Waals surface area (Å²) < 4.78 is 27.5. The van der Waals surface area contributed by atoms with Gasteiger partial charge in [-0.1, -0.05) is 151 Å². The van der Waals surface area contributed by atoms with Crippen LogP contribution in [0.1, 0.15) is 52.7 Å². The van der Waals surface area contributed by atoms with Crippen molar-refractivity contribution in [3.8, 4) is 0 Å². The molecule has 4 aromatic heterocycles. The van der Waals surface area contributed by atoms with Crippen molar-refractivity contribution in [1.82, 2.24) is 0 Å². The van der Waals surface area contributed by atoms with Gasteiger partial charge in [-0.05, 0) is 123 Å². The van der Waals surface area contributed by atoms with Gasteiger partial charge >= 0.3 is 0 Å². The van der Waals surface area contributed by atoms with Crippen LogP contribution in [-0.4, -0.2) is 0 Å². The summed E-state index contributed by atoms with van der Waals surface area (Å²) in [5, 5.41) is 12.2. The van der Waals surface area contributed by atoms with Crippen molar-refractivity contribution in [3.05, 3.63) is 223 Å². The number of rotatable bonds is 6. The summed E-state index contributed by atoms with van der Waals surface area (Å²) >= 11 is 0. The maximum absolute atomic E-state index is 8.37. The Morgan fingerprint density at radius 3 is 1.26 bits per heavy atom. The molecule has 4 heterocycles. The molecule has 0 spiro atoms. The zero-order valence-corrected chi connectivity index (χ0v) is 44.0. The average Bonchev–Trinajstić information content (AvgIpc) is 4.39. The maximum Gasteiger partial charge on any atom is 0.233 e. The molecule has 11 aromatic carbocycles. The molecule has 0 atom stereocenters. The lowest BCUT2D eigenvalue weighted by atomic mass is 9.86. The molecule has 0 aliphatic heterocycles. The second-order valence-electron chi connectivity index (χ2n) is 22.8. The van der Waals surface area contributed by atoms with Crippen LogP contribution in [0.2, 0.25) is 0 Å². The van der Waals surface area contributed by atoms with E-state index in [1.165, 1.54) is 11.1 Å². The number of benzene rings is 11. The molecule has 15 aromatic rings. The minimum Gasteiger partial charge on any atom is -0.467 e. The van der Waals surface area contributed by atoms with E-state index in [9.17, 15) is 0 Å². The zero-order valence-electron chi connectivity index (χ0n) is 44.0. The summed E-state index contributed by atoms with van der Waals surface area (Å²) in [6.45, 7) is 21.7. The highest BCUT2D eigenvalue weighted by Crippen LogP contribution is 2.50. The van der Waals surface area contributed by atoms with Gasteiger partial charge in [0, 0.05) is 77.0 Å². The first-order chi connectivity index (χ1) is 37.9. The Balaban J connectivity index is 0.874. The fourth-order valence-electron chi connectivity index (χ4n) is 12.2. The topological polar surface area (TPSA) is 63.4 Å². The van der Waals surface area contributed by atoms with E-state index in [1.54, 1.807) is 0 Å². The molecule has 0 unspecified atom stereocenters. The minimum absolute atomic E-state index is 0.0985. The lowest BCUT2D eigenvalue weighted by Crippen LogP contribution is -2.11. The molecule has 7 nitrogen and oxygen atoms in total. The van der Waals surface area contributed by atoms with Crippen molar-refractivity contribution >= 4 is 149 Å². The van der Waals surface area contributed by atoms with E-state index in [0.29, 0.717) is 22.4 Å². The van der Waals surface area contributed by atoms with Crippen LogP contribution in [0.3, 0.4) is 0 Å². The summed E-state index contributed by atoms with van der Waals surface area (Å²) in [5.41, 5.74) is 14.5. The smallest absolute Gasteiger partial charge is 0.233 e. The Morgan fingerprint density at radius 2 is 0.782 bits per heavy atom. The SMILES string of the molecule is [C-]#[N+]c1cc2oc3cc4cc(N(c5ccccc5)c5cccc6c5oc5c(C(C)(C)C)cccc56)ccc4cc3c2c2c1oc1cc3cc(N(c4ccccc4)c4cccc5c4oc4c(C(C)(C)C)cccc45)ccc3cc12. The quantitative estimate of drug-likeness (QED) is 0.155. The van der Waals surface area contributed by atoms with Gasteiger partial charge in [0.15, 0.2) is 11.2 Å². The highest BCUT2D eigenvalue weighted by atomic mass is 16.3. The Hall–Kier alpha value is -9.77. The van der Waals surface area contributed by atoms with Crippen molar-refractivity contribution in [2.75, 3.05) is 9.80 Å². The van der Waals surface area contributed by atoms with Gasteiger partial charge in [0.05, 0.1) is 17.9 Å². The van der Waals surface area contributed by atoms with E-state index in [2.05, 4.69) is 238 Å². The van der Waals surface area contributed by atoms with Crippen LogP contribution in [0, 0.1) is 6.57 Å². The Bertz CT molecular complexity index is 5020. The van der Waals surface area contributed by atoms with Crippen molar-refractivity contribution in [3.63, 3.8) is 0 Å². The van der Waals surface area contributed by atoms with Gasteiger partial charge in [0.1, 0.15) is 33.5 Å². The van der Waals surface area contributed by atoms with Crippen molar-refractivity contribution in [2.24, 2.45) is 0 Å². The number of hydrogen-bond donors (Lipinski definition) is 0. The fourth-order valence-corrected chi connectivity index (χ4v) is 12.2. The van der Waals surface area contributed by atoms with Gasteiger partial charge in [0.2, 0.25) is 5.69 Å². The van der Waals surface area contributed by atoms with Crippen molar-refractivity contribution in [1.29, 1.82) is 0 Å². The Labute approximate surface area is 449 Å². The molecule has 374 valence electrons. The summed E-state index contributed by atoms with van der Waals surface area (Å²) in [6.07, 6.45) is 0. The van der Waals surface area contributed by atoms with Crippen LogP contribution in [0.4, 0.5) is 39.8 Å². The normalized spacial score (nSPS) is 12.5. The van der Waals surface area contributed by atoms with Gasteiger partial charge in [-0.15, -0.1) is 0 Å². The highest BCUT2D eigenvalue weighted by Gasteiger charge is 2.27. The van der Waals surface area contributed by atoms with Crippen LogP contribution < -0.4 is 9.80 Å². The molecule has 0 aliphatic carbocycles. The first kappa shape index (κ1) is 45.6. The van der Waals surface area contributed by atoms with E-state index >= 15 is 0 Å². The summed E-state index contributed by atoms with van der Waals surface area (Å²) in [4.78, 5) is 8.57. The Morgan fingerprint density at radius 1 is 0.333 bits per heavy atom. The molecule has 78 heavy (non-hydrogen) atoms. The third-order valence-electron chi connectivity index (χ3n) is 15.8. The van der Waals surface area contributed by atoms with Crippen molar-refractivity contribution in [2.45, 2.75) is 52.4 Å². The second kappa shape index (κ2) is 16.6. The summed E-state index contributed by atoms with van der Waals surface area (Å²) in [6, 6.07) is 70.4. The number of para-hydroxylation sites is 6. The standard InChI is InChI=1S/C71H51N3O4/c1-70(2,3)55-26-14-22-49-51-24-16-28-58(67(51)77-65(49)55)73(45-18-10-8-11-19-45)47-32-30-41-36-53-60(38-43(41)34-47)75-62-40-57(72-7)69-64(63(53)62)54-37-42-31-33-48(35-44(42)39-61(54)76-69)74(46-20-12-9-13-21-46)59-29-17-25-52-50-23-15-27-56(71(4,5)6)66(50)78-68(52)59/h8-40H,1-6H3. The average molecular weight is 1010 g/mol. The number of hydrogen-bond acceptors (Lipinski definition) is 6. The predicted molar refractivity (Wildman–Crippen MR) is 324 cm³/mol. The number of anilines is 6. The number of nitrogens with zero attached hydrogens (tertiary/aromatic N) is 3. The lowest BCUT2D eigenvalue weighted by Gasteiger charge is -2.26. The van der Waals surface area contributed by atoms with E-state index < -0.39 is 0 Å². The molecular formula is C71H51N3O4. The lowest BCUT2D eigenvalue weighted by molar-refractivity contribution is 0.572. The first-order valence-corrected chi connectivity index (χ1v) is 26.6. The molecule has 0 fully saturated rings. The Kier molecular flexibility index (Phi) is 9.71. The molecule has 0 radical (unpaired) electrons. The van der Waals surface area contributed by atoms with Crippen LogP contribution in [0.15, 0.2) is 218 Å². The molecule has 0 amide bonds. The molecule has 0 aliphatic rings. The summed E-state index contributed by atoms with van der Waals surface area (Å²) in [5.74, 6) is 0. The van der Waals surface area contributed by atoms with Crippen LogP contribution in [-0.2, 0) is 10.8 Å². The molecule has 0 saturated carbocycles. The monoisotopic (exact) mass is 1010 g/mol. The number of fused-ring (bicyclic) bond motifs is 15. The summed E-state index contributed by atoms with van der Waals surface area (Å²) in [7, 11) is 0. The maximum atomic E-state index is 8.37. The van der Waals surface area contributed by atoms with E-state index in [-0.39, 0.29) is 10.8 Å². The van der Waals surface area contributed by atoms with Gasteiger partial charge in [-0.2, -0.15) is 0 Å². The molecule has 15 rings (SSSR count). The van der Waals surface area contributed by atoms with Crippen LogP contribution in [0.5, 0.6) is 0 Å². The van der Waals surface area contributed by atoms with Gasteiger partial charge < -0.3 is 27.5 Å². The highest BCUT2D eigenvalue weighted by molar-refractivity contribution is 6.30. The minimum atomic E-state index is -0.101. The van der Waals surface area contributed by atoms with E-state index in [4.69, 9.17) is 24.2 Å². The molecular weight excluding hydrogens is 959 g/mol. The third-order valence-corrected chi connectivity index (χ3v) is 15.8. The predicted octanol–water partition coefficient (Wildman–Crippen LogP) is 21.7. The van der Waals surface area contributed by atoms with E-state index in [1.807, 2.05) is 18.2 Å². The fraction of sp³-hybridized carbons (Fsp3) is 0.113.